The summed E-state index contributed by atoms with van der Waals surface area (Å²) in [7, 11) is 0. The van der Waals surface area contributed by atoms with E-state index in [1.165, 1.54) is 22.4 Å². The molecule has 6 heteroatoms. The molecule has 33 heavy (non-hydrogen) atoms. The first-order valence-electron chi connectivity index (χ1n) is 11.2. The van der Waals surface area contributed by atoms with Gasteiger partial charge in [0, 0.05) is 29.7 Å². The van der Waals surface area contributed by atoms with Gasteiger partial charge in [-0.3, -0.25) is 0 Å². The third-order valence-electron chi connectivity index (χ3n) is 5.92. The van der Waals surface area contributed by atoms with E-state index < -0.39 is 0 Å². The van der Waals surface area contributed by atoms with Crippen LogP contribution in [-0.4, -0.2) is 48.6 Å². The van der Waals surface area contributed by atoms with Gasteiger partial charge in [0.25, 0.3) is 0 Å². The van der Waals surface area contributed by atoms with Crippen molar-refractivity contribution in [3.05, 3.63) is 93.8 Å². The topological polar surface area (TPSA) is 50.1 Å². The molecule has 1 aliphatic heterocycles. The molecule has 166 valence electrons. The second-order valence-corrected chi connectivity index (χ2v) is 8.46. The summed E-state index contributed by atoms with van der Waals surface area (Å²) >= 11 is 6.34. The van der Waals surface area contributed by atoms with Crippen LogP contribution in [0.2, 0.25) is 5.15 Å². The van der Waals surface area contributed by atoms with Gasteiger partial charge in [-0.15, -0.1) is 0 Å². The van der Waals surface area contributed by atoms with Crippen LogP contribution in [0, 0.1) is 0 Å². The van der Waals surface area contributed by atoms with Crippen molar-refractivity contribution >= 4 is 41.0 Å². The molecule has 0 spiro atoms. The monoisotopic (exact) mass is 456 g/mol. The van der Waals surface area contributed by atoms with Crippen molar-refractivity contribution < 1.29 is 4.74 Å². The van der Waals surface area contributed by atoms with Gasteiger partial charge in [0.15, 0.2) is 0 Å². The van der Waals surface area contributed by atoms with E-state index in [0.717, 1.165) is 55.6 Å². The highest BCUT2D eigenvalue weighted by Crippen LogP contribution is 2.35. The van der Waals surface area contributed by atoms with Crippen LogP contribution < -0.4 is 0 Å². The molecule has 1 fully saturated rings. The summed E-state index contributed by atoms with van der Waals surface area (Å²) in [4.78, 5) is 6.86. The normalized spacial score (nSPS) is 18.5. The Hall–Kier alpha value is -3.28. The van der Waals surface area contributed by atoms with Crippen molar-refractivity contribution in [3.63, 3.8) is 0 Å². The molecule has 0 atom stereocenters. The number of ether oxygens (including phenoxy) is 1. The fourth-order valence-electron chi connectivity index (χ4n) is 4.32. The Morgan fingerprint density at radius 2 is 1.67 bits per heavy atom. The SMILES string of the molecule is Clc1nc2ccccc2cc1C=NN=CC1=C(N2CCOCC2)/C(=C\c2ccccc2)CC1. The molecule has 3 aromatic rings. The van der Waals surface area contributed by atoms with Gasteiger partial charge in [-0.1, -0.05) is 60.1 Å². The Morgan fingerprint density at radius 1 is 0.909 bits per heavy atom. The van der Waals surface area contributed by atoms with Gasteiger partial charge < -0.3 is 9.64 Å². The van der Waals surface area contributed by atoms with Crippen molar-refractivity contribution in [3.8, 4) is 0 Å². The molecule has 1 aliphatic carbocycles. The lowest BCUT2D eigenvalue weighted by Gasteiger charge is -2.31. The molecule has 5 nitrogen and oxygen atoms in total. The Kier molecular flexibility index (Phi) is 6.61. The first-order chi connectivity index (χ1) is 16.3. The van der Waals surface area contributed by atoms with Crippen LogP contribution in [0.1, 0.15) is 24.0 Å². The molecule has 2 aromatic carbocycles. The number of nitrogens with zero attached hydrogens (tertiary/aromatic N) is 4. The van der Waals surface area contributed by atoms with E-state index in [1.54, 1.807) is 6.21 Å². The zero-order valence-corrected chi connectivity index (χ0v) is 19.1. The van der Waals surface area contributed by atoms with E-state index in [1.807, 2.05) is 42.6 Å². The lowest BCUT2D eigenvalue weighted by atomic mass is 10.1. The number of hydrogen-bond donors (Lipinski definition) is 0. The predicted octanol–water partition coefficient (Wildman–Crippen LogP) is 5.76. The number of pyridine rings is 1. The van der Waals surface area contributed by atoms with Crippen LogP contribution in [0.15, 0.2) is 87.7 Å². The van der Waals surface area contributed by atoms with Crippen LogP contribution in [0.4, 0.5) is 0 Å². The molecule has 0 bridgehead atoms. The number of benzene rings is 2. The van der Waals surface area contributed by atoms with E-state index in [9.17, 15) is 0 Å². The van der Waals surface area contributed by atoms with Gasteiger partial charge >= 0.3 is 0 Å². The number of aromatic nitrogens is 1. The predicted molar refractivity (Wildman–Crippen MR) is 136 cm³/mol. The minimum absolute atomic E-state index is 0.426. The minimum Gasteiger partial charge on any atom is -0.378 e. The molecule has 0 N–H and O–H groups in total. The van der Waals surface area contributed by atoms with Gasteiger partial charge in [-0.2, -0.15) is 10.2 Å². The smallest absolute Gasteiger partial charge is 0.138 e. The molecule has 0 radical (unpaired) electrons. The number of hydrogen-bond acceptors (Lipinski definition) is 5. The largest absolute Gasteiger partial charge is 0.378 e. The molecule has 2 heterocycles. The van der Waals surface area contributed by atoms with Gasteiger partial charge in [-0.25, -0.2) is 4.98 Å². The lowest BCUT2D eigenvalue weighted by molar-refractivity contribution is 0.0548. The Labute approximate surface area is 198 Å². The molecule has 0 unspecified atom stereocenters. The molecule has 1 saturated heterocycles. The minimum atomic E-state index is 0.426. The van der Waals surface area contributed by atoms with Crippen molar-refractivity contribution in [1.29, 1.82) is 0 Å². The molecule has 1 aromatic heterocycles. The summed E-state index contributed by atoms with van der Waals surface area (Å²) < 4.78 is 5.58. The standard InChI is InChI=1S/C27H25ClN4O/c28-27-24(17-21-8-4-5-9-25(21)31-27)19-30-29-18-23-11-10-22(16-20-6-2-1-3-7-20)26(23)32-12-14-33-15-13-32/h1-9,16-19H,10-15H2/b22-16-,29-18?,30-19?. The number of halogens is 1. The Bertz CT molecular complexity index is 1260. The van der Waals surface area contributed by atoms with E-state index in [4.69, 9.17) is 16.3 Å². The number of rotatable bonds is 5. The maximum Gasteiger partial charge on any atom is 0.138 e. The fraction of sp³-hybridized carbons (Fsp3) is 0.222. The number of fused-ring (bicyclic) bond motifs is 1. The molecule has 2 aliphatic rings. The zero-order valence-electron chi connectivity index (χ0n) is 18.3. The summed E-state index contributed by atoms with van der Waals surface area (Å²) in [6.45, 7) is 3.27. The Balaban J connectivity index is 1.41. The van der Waals surface area contributed by atoms with Crippen LogP contribution >= 0.6 is 11.6 Å². The number of para-hydroxylation sites is 1. The van der Waals surface area contributed by atoms with Crippen molar-refractivity contribution in [2.45, 2.75) is 12.8 Å². The summed E-state index contributed by atoms with van der Waals surface area (Å²) in [6, 6.07) is 20.3. The fourth-order valence-corrected chi connectivity index (χ4v) is 4.51. The van der Waals surface area contributed by atoms with Crippen molar-refractivity contribution in [2.75, 3.05) is 26.3 Å². The van der Waals surface area contributed by atoms with Crippen LogP contribution in [0.5, 0.6) is 0 Å². The lowest BCUT2D eigenvalue weighted by Crippen LogP contribution is -2.36. The maximum atomic E-state index is 6.34. The highest BCUT2D eigenvalue weighted by atomic mass is 35.5. The highest BCUT2D eigenvalue weighted by Gasteiger charge is 2.25. The van der Waals surface area contributed by atoms with Gasteiger partial charge in [0.1, 0.15) is 5.15 Å². The first kappa shape index (κ1) is 21.6. The van der Waals surface area contributed by atoms with Crippen molar-refractivity contribution in [1.82, 2.24) is 9.88 Å². The van der Waals surface area contributed by atoms with E-state index in [2.05, 4.69) is 50.4 Å². The van der Waals surface area contributed by atoms with E-state index in [0.29, 0.717) is 5.15 Å². The molecule has 0 amide bonds. The van der Waals surface area contributed by atoms with Gasteiger partial charge in [0.2, 0.25) is 0 Å². The Morgan fingerprint density at radius 3 is 2.52 bits per heavy atom. The average molecular weight is 457 g/mol. The van der Waals surface area contributed by atoms with Gasteiger partial charge in [-0.05, 0) is 47.8 Å². The third kappa shape index (κ3) is 5.05. The van der Waals surface area contributed by atoms with E-state index in [-0.39, 0.29) is 0 Å². The quantitative estimate of drug-likeness (QED) is 0.279. The highest BCUT2D eigenvalue weighted by molar-refractivity contribution is 6.32. The zero-order chi connectivity index (χ0) is 22.5. The third-order valence-corrected chi connectivity index (χ3v) is 6.22. The van der Waals surface area contributed by atoms with Crippen LogP contribution in [-0.2, 0) is 4.74 Å². The van der Waals surface area contributed by atoms with E-state index >= 15 is 0 Å². The number of morpholine rings is 1. The van der Waals surface area contributed by atoms with Gasteiger partial charge in [0.05, 0.1) is 31.2 Å². The van der Waals surface area contributed by atoms with Crippen molar-refractivity contribution in [2.24, 2.45) is 10.2 Å². The molecular weight excluding hydrogens is 432 g/mol. The maximum absolute atomic E-state index is 6.34. The molecular formula is C27H25ClN4O. The first-order valence-corrected chi connectivity index (χ1v) is 11.6. The summed E-state index contributed by atoms with van der Waals surface area (Å²) in [5.41, 5.74) is 6.66. The van der Waals surface area contributed by atoms with Crippen LogP contribution in [0.25, 0.3) is 17.0 Å². The summed E-state index contributed by atoms with van der Waals surface area (Å²) in [5.74, 6) is 0. The average Bonchev–Trinajstić information content (AvgIpc) is 3.25. The molecule has 0 saturated carbocycles. The second kappa shape index (κ2) is 10.1. The summed E-state index contributed by atoms with van der Waals surface area (Å²) in [5, 5.41) is 10.1. The summed E-state index contributed by atoms with van der Waals surface area (Å²) in [6.07, 6.45) is 7.78. The molecule has 5 rings (SSSR count). The van der Waals surface area contributed by atoms with Crippen LogP contribution in [0.3, 0.4) is 0 Å². The number of allylic oxidation sites excluding steroid dienone is 2. The second-order valence-electron chi connectivity index (χ2n) is 8.10.